The van der Waals surface area contributed by atoms with Crippen molar-refractivity contribution in [2.45, 2.75) is 71.6 Å². The van der Waals surface area contributed by atoms with E-state index in [0.717, 1.165) is 12.8 Å². The number of piperazine rings is 1. The lowest BCUT2D eigenvalue weighted by Crippen LogP contribution is -2.68. The number of rotatable bonds is 7. The predicted molar refractivity (Wildman–Crippen MR) is 78.3 cm³/mol. The van der Waals surface area contributed by atoms with Crippen LogP contribution in [-0.2, 0) is 14.3 Å². The maximum atomic E-state index is 12.4. The van der Waals surface area contributed by atoms with Crippen LogP contribution in [0.5, 0.6) is 0 Å². The van der Waals surface area contributed by atoms with E-state index in [9.17, 15) is 9.59 Å². The van der Waals surface area contributed by atoms with Crippen LogP contribution in [0.1, 0.15) is 53.9 Å². The molecule has 0 saturated carbocycles. The van der Waals surface area contributed by atoms with E-state index in [0.29, 0.717) is 19.6 Å². The topological polar surface area (TPSA) is 58.6 Å². The maximum absolute atomic E-state index is 12.4. The van der Waals surface area contributed by atoms with Crippen molar-refractivity contribution in [2.75, 3.05) is 13.2 Å². The van der Waals surface area contributed by atoms with E-state index in [1.807, 2.05) is 20.8 Å². The highest BCUT2D eigenvalue weighted by molar-refractivity contribution is 5.99. The molecule has 1 fully saturated rings. The van der Waals surface area contributed by atoms with Crippen molar-refractivity contribution in [1.82, 2.24) is 10.2 Å². The molecule has 1 aliphatic rings. The Balaban J connectivity index is 2.54. The molecule has 5 heteroatoms. The SMILES string of the molecule is CCC1C(=O)NC(C)(C)C(=O)N1CCCCOC(C)C. The summed E-state index contributed by atoms with van der Waals surface area (Å²) in [4.78, 5) is 26.2. The first-order valence-corrected chi connectivity index (χ1v) is 7.54. The van der Waals surface area contributed by atoms with Gasteiger partial charge < -0.3 is 15.0 Å². The third kappa shape index (κ3) is 4.20. The van der Waals surface area contributed by atoms with Gasteiger partial charge in [-0.2, -0.15) is 0 Å². The number of carbonyl (C=O) groups excluding carboxylic acids is 2. The highest BCUT2D eigenvalue weighted by Crippen LogP contribution is 2.20. The minimum absolute atomic E-state index is 0.00808. The van der Waals surface area contributed by atoms with E-state index in [-0.39, 0.29) is 24.0 Å². The first-order valence-electron chi connectivity index (χ1n) is 7.54. The number of carbonyl (C=O) groups is 2. The molecule has 0 aliphatic carbocycles. The van der Waals surface area contributed by atoms with E-state index >= 15 is 0 Å². The quantitative estimate of drug-likeness (QED) is 0.724. The van der Waals surface area contributed by atoms with Gasteiger partial charge in [-0.25, -0.2) is 0 Å². The molecule has 0 spiro atoms. The van der Waals surface area contributed by atoms with Crippen LogP contribution >= 0.6 is 0 Å². The van der Waals surface area contributed by atoms with Crippen molar-refractivity contribution >= 4 is 11.8 Å². The van der Waals surface area contributed by atoms with Gasteiger partial charge in [0.2, 0.25) is 11.8 Å². The molecule has 20 heavy (non-hydrogen) atoms. The zero-order valence-electron chi connectivity index (χ0n) is 13.4. The van der Waals surface area contributed by atoms with Gasteiger partial charge in [0.1, 0.15) is 11.6 Å². The number of nitrogens with zero attached hydrogens (tertiary/aromatic N) is 1. The van der Waals surface area contributed by atoms with Crippen LogP contribution in [0.25, 0.3) is 0 Å². The van der Waals surface area contributed by atoms with E-state index < -0.39 is 5.54 Å². The molecule has 1 saturated heterocycles. The molecule has 0 radical (unpaired) electrons. The maximum Gasteiger partial charge on any atom is 0.248 e. The fourth-order valence-electron chi connectivity index (χ4n) is 2.45. The number of nitrogens with one attached hydrogen (secondary N) is 1. The second kappa shape index (κ2) is 7.07. The van der Waals surface area contributed by atoms with Crippen molar-refractivity contribution in [3.05, 3.63) is 0 Å². The molecular weight excluding hydrogens is 256 g/mol. The summed E-state index contributed by atoms with van der Waals surface area (Å²) in [7, 11) is 0. The highest BCUT2D eigenvalue weighted by Gasteiger charge is 2.43. The Labute approximate surface area is 122 Å². The van der Waals surface area contributed by atoms with Crippen LogP contribution in [0.2, 0.25) is 0 Å². The van der Waals surface area contributed by atoms with Gasteiger partial charge in [0.25, 0.3) is 0 Å². The monoisotopic (exact) mass is 284 g/mol. The number of hydrogen-bond donors (Lipinski definition) is 1. The molecule has 1 N–H and O–H groups in total. The van der Waals surface area contributed by atoms with Gasteiger partial charge in [-0.05, 0) is 47.0 Å². The Bertz CT molecular complexity index is 353. The molecule has 1 aliphatic heterocycles. The fraction of sp³-hybridized carbons (Fsp3) is 0.867. The van der Waals surface area contributed by atoms with Gasteiger partial charge in [0.15, 0.2) is 0 Å². The summed E-state index contributed by atoms with van der Waals surface area (Å²) in [5.41, 5.74) is -0.794. The number of unbranched alkanes of at least 4 members (excludes halogenated alkanes) is 1. The first kappa shape index (κ1) is 17.0. The third-order valence-corrected chi connectivity index (χ3v) is 3.54. The smallest absolute Gasteiger partial charge is 0.248 e. The zero-order valence-corrected chi connectivity index (χ0v) is 13.4. The van der Waals surface area contributed by atoms with Crippen LogP contribution in [0.15, 0.2) is 0 Å². The lowest BCUT2D eigenvalue weighted by Gasteiger charge is -2.42. The van der Waals surface area contributed by atoms with Crippen LogP contribution in [-0.4, -0.2) is 47.6 Å². The van der Waals surface area contributed by atoms with Crippen molar-refractivity contribution < 1.29 is 14.3 Å². The molecule has 0 aromatic carbocycles. The van der Waals surface area contributed by atoms with Crippen LogP contribution in [0.4, 0.5) is 0 Å². The molecule has 5 nitrogen and oxygen atoms in total. The van der Waals surface area contributed by atoms with Gasteiger partial charge in [0, 0.05) is 13.2 Å². The molecule has 0 aromatic heterocycles. The summed E-state index contributed by atoms with van der Waals surface area (Å²) in [5.74, 6) is -0.0377. The van der Waals surface area contributed by atoms with E-state index in [1.54, 1.807) is 18.7 Å². The van der Waals surface area contributed by atoms with Gasteiger partial charge >= 0.3 is 0 Å². The zero-order chi connectivity index (χ0) is 15.3. The number of amides is 2. The highest BCUT2D eigenvalue weighted by atomic mass is 16.5. The lowest BCUT2D eigenvalue weighted by atomic mass is 9.95. The van der Waals surface area contributed by atoms with Crippen molar-refractivity contribution in [3.8, 4) is 0 Å². The number of ether oxygens (including phenoxy) is 1. The van der Waals surface area contributed by atoms with Gasteiger partial charge in [-0.15, -0.1) is 0 Å². The van der Waals surface area contributed by atoms with Crippen LogP contribution in [0, 0.1) is 0 Å². The normalized spacial score (nSPS) is 22.3. The molecule has 0 bridgehead atoms. The fourth-order valence-corrected chi connectivity index (χ4v) is 2.45. The van der Waals surface area contributed by atoms with Gasteiger partial charge in [-0.3, -0.25) is 9.59 Å². The minimum Gasteiger partial charge on any atom is -0.379 e. The summed E-state index contributed by atoms with van der Waals surface area (Å²) in [6.07, 6.45) is 2.65. The molecule has 116 valence electrons. The summed E-state index contributed by atoms with van der Waals surface area (Å²) in [6, 6.07) is -0.332. The van der Waals surface area contributed by atoms with Crippen LogP contribution < -0.4 is 5.32 Å². The molecule has 2 amide bonds. The molecule has 1 atom stereocenters. The molecule has 1 heterocycles. The molecule has 1 unspecified atom stereocenters. The molecular formula is C15H28N2O3. The van der Waals surface area contributed by atoms with Crippen molar-refractivity contribution in [1.29, 1.82) is 0 Å². The Morgan fingerprint density at radius 1 is 1.30 bits per heavy atom. The second-order valence-electron chi connectivity index (χ2n) is 6.16. The average molecular weight is 284 g/mol. The standard InChI is InChI=1S/C15H28N2O3/c1-6-12-13(18)16-15(4,5)14(19)17(12)9-7-8-10-20-11(2)3/h11-12H,6-10H2,1-5H3,(H,16,18). The van der Waals surface area contributed by atoms with E-state index in [1.165, 1.54) is 0 Å². The van der Waals surface area contributed by atoms with E-state index in [2.05, 4.69) is 5.32 Å². The molecule has 1 rings (SSSR count). The van der Waals surface area contributed by atoms with Crippen LogP contribution in [0.3, 0.4) is 0 Å². The Morgan fingerprint density at radius 2 is 1.95 bits per heavy atom. The average Bonchev–Trinajstić information content (AvgIpc) is 2.33. The van der Waals surface area contributed by atoms with E-state index in [4.69, 9.17) is 4.74 Å². The largest absolute Gasteiger partial charge is 0.379 e. The Morgan fingerprint density at radius 3 is 2.50 bits per heavy atom. The predicted octanol–water partition coefficient (Wildman–Crippen LogP) is 1.71. The summed E-state index contributed by atoms with van der Waals surface area (Å²) >= 11 is 0. The Hall–Kier alpha value is -1.10. The lowest BCUT2D eigenvalue weighted by molar-refractivity contribution is -0.153. The van der Waals surface area contributed by atoms with Gasteiger partial charge in [0.05, 0.1) is 6.10 Å². The number of hydrogen-bond acceptors (Lipinski definition) is 3. The second-order valence-corrected chi connectivity index (χ2v) is 6.16. The first-order chi connectivity index (χ1) is 9.29. The molecule has 0 aromatic rings. The van der Waals surface area contributed by atoms with Crippen molar-refractivity contribution in [3.63, 3.8) is 0 Å². The summed E-state index contributed by atoms with van der Waals surface area (Å²) in [6.45, 7) is 10.8. The summed E-state index contributed by atoms with van der Waals surface area (Å²) < 4.78 is 5.49. The Kier molecular flexibility index (Phi) is 5.99. The summed E-state index contributed by atoms with van der Waals surface area (Å²) in [5, 5.41) is 2.80. The van der Waals surface area contributed by atoms with Gasteiger partial charge in [-0.1, -0.05) is 6.92 Å². The van der Waals surface area contributed by atoms with Crippen molar-refractivity contribution in [2.24, 2.45) is 0 Å². The third-order valence-electron chi connectivity index (χ3n) is 3.54. The minimum atomic E-state index is -0.794.